The molecule has 1 amide bonds. The van der Waals surface area contributed by atoms with Crippen LogP contribution < -0.4 is 10.6 Å². The summed E-state index contributed by atoms with van der Waals surface area (Å²) in [5.41, 5.74) is 0. The summed E-state index contributed by atoms with van der Waals surface area (Å²) in [6.45, 7) is 5.52. The van der Waals surface area contributed by atoms with Gasteiger partial charge < -0.3 is 25.0 Å². The van der Waals surface area contributed by atoms with Crippen LogP contribution >= 0.6 is 0 Å². The molecule has 6 nitrogen and oxygen atoms in total. The van der Waals surface area contributed by atoms with Crippen molar-refractivity contribution in [1.29, 1.82) is 0 Å². The first-order chi connectivity index (χ1) is 9.31. The summed E-state index contributed by atoms with van der Waals surface area (Å²) in [6.07, 6.45) is 1.70. The van der Waals surface area contributed by atoms with E-state index in [1.807, 2.05) is 4.90 Å². The molecule has 2 N–H and O–H groups in total. The van der Waals surface area contributed by atoms with Gasteiger partial charge in [0.25, 0.3) is 0 Å². The summed E-state index contributed by atoms with van der Waals surface area (Å²) in [6, 6.07) is 0.332. The van der Waals surface area contributed by atoms with E-state index in [4.69, 9.17) is 9.47 Å². The lowest BCUT2D eigenvalue weighted by Gasteiger charge is -2.32. The molecule has 0 bridgehead atoms. The topological polar surface area (TPSA) is 62.8 Å². The van der Waals surface area contributed by atoms with E-state index in [-0.39, 0.29) is 12.0 Å². The van der Waals surface area contributed by atoms with E-state index in [0.717, 1.165) is 45.8 Å². The molecule has 0 saturated carbocycles. The molecule has 0 aromatic rings. The highest BCUT2D eigenvalue weighted by molar-refractivity contribution is 5.76. The van der Waals surface area contributed by atoms with Crippen molar-refractivity contribution in [3.8, 4) is 0 Å². The zero-order valence-corrected chi connectivity index (χ0v) is 11.7. The Hall–Kier alpha value is -0.690. The van der Waals surface area contributed by atoms with Gasteiger partial charge in [0.1, 0.15) is 0 Å². The minimum atomic E-state index is 0.121. The van der Waals surface area contributed by atoms with E-state index in [1.165, 1.54) is 0 Å². The Morgan fingerprint density at radius 1 is 1.53 bits per heavy atom. The molecule has 110 valence electrons. The van der Waals surface area contributed by atoms with Gasteiger partial charge in [0.15, 0.2) is 0 Å². The van der Waals surface area contributed by atoms with E-state index < -0.39 is 0 Å². The van der Waals surface area contributed by atoms with Gasteiger partial charge in [0, 0.05) is 58.9 Å². The van der Waals surface area contributed by atoms with Gasteiger partial charge in [-0.2, -0.15) is 0 Å². The second kappa shape index (κ2) is 7.79. The molecule has 0 aromatic heterocycles. The lowest BCUT2D eigenvalue weighted by atomic mass is 10.1. The fourth-order valence-electron chi connectivity index (χ4n) is 2.62. The molecule has 2 fully saturated rings. The monoisotopic (exact) mass is 271 g/mol. The summed E-state index contributed by atoms with van der Waals surface area (Å²) in [4.78, 5) is 13.8. The number of nitrogens with zero attached hydrogens (tertiary/aromatic N) is 1. The van der Waals surface area contributed by atoms with Crippen LogP contribution in [0.2, 0.25) is 0 Å². The first-order valence-electron chi connectivity index (χ1n) is 7.13. The van der Waals surface area contributed by atoms with Gasteiger partial charge in [-0.3, -0.25) is 4.79 Å². The van der Waals surface area contributed by atoms with Gasteiger partial charge in [-0.15, -0.1) is 0 Å². The second-order valence-corrected chi connectivity index (χ2v) is 5.08. The van der Waals surface area contributed by atoms with Gasteiger partial charge in [0.2, 0.25) is 5.91 Å². The zero-order valence-electron chi connectivity index (χ0n) is 11.7. The first kappa shape index (κ1) is 14.7. The van der Waals surface area contributed by atoms with Gasteiger partial charge in [0.05, 0.1) is 12.7 Å². The van der Waals surface area contributed by atoms with E-state index >= 15 is 0 Å². The normalized spacial score (nSPS) is 29.3. The average molecular weight is 271 g/mol. The maximum atomic E-state index is 11.8. The Morgan fingerprint density at radius 3 is 3.26 bits per heavy atom. The minimum Gasteiger partial charge on any atom is -0.379 e. The Morgan fingerprint density at radius 2 is 2.42 bits per heavy atom. The predicted molar refractivity (Wildman–Crippen MR) is 72.1 cm³/mol. The molecule has 0 aliphatic carbocycles. The van der Waals surface area contributed by atoms with Crippen LogP contribution in [0.1, 0.15) is 12.8 Å². The maximum absolute atomic E-state index is 11.8. The van der Waals surface area contributed by atoms with Crippen molar-refractivity contribution >= 4 is 5.91 Å². The Labute approximate surface area is 114 Å². The van der Waals surface area contributed by atoms with Crippen molar-refractivity contribution in [2.24, 2.45) is 0 Å². The Bertz CT molecular complexity index is 288. The third-order valence-corrected chi connectivity index (χ3v) is 3.82. The molecule has 2 heterocycles. The fourth-order valence-corrected chi connectivity index (χ4v) is 2.62. The van der Waals surface area contributed by atoms with Crippen molar-refractivity contribution in [2.75, 3.05) is 53.0 Å². The number of rotatable bonds is 5. The van der Waals surface area contributed by atoms with Crippen LogP contribution in [0.4, 0.5) is 0 Å². The number of hydrogen-bond donors (Lipinski definition) is 2. The molecule has 2 unspecified atom stereocenters. The second-order valence-electron chi connectivity index (χ2n) is 5.08. The van der Waals surface area contributed by atoms with Crippen molar-refractivity contribution in [3.05, 3.63) is 0 Å². The molecule has 2 aliphatic heterocycles. The zero-order chi connectivity index (χ0) is 13.5. The summed E-state index contributed by atoms with van der Waals surface area (Å²) < 4.78 is 10.8. The summed E-state index contributed by atoms with van der Waals surface area (Å²) in [5, 5.41) is 6.74. The smallest absolute Gasteiger partial charge is 0.223 e. The van der Waals surface area contributed by atoms with Gasteiger partial charge in [-0.05, 0) is 6.42 Å². The maximum Gasteiger partial charge on any atom is 0.223 e. The number of methoxy groups -OCH3 is 1. The minimum absolute atomic E-state index is 0.121. The highest BCUT2D eigenvalue weighted by atomic mass is 16.5. The summed E-state index contributed by atoms with van der Waals surface area (Å²) in [5.74, 6) is 0.252. The van der Waals surface area contributed by atoms with Crippen molar-refractivity contribution in [1.82, 2.24) is 15.5 Å². The molecular formula is C13H25N3O3. The van der Waals surface area contributed by atoms with Crippen LogP contribution in [0.25, 0.3) is 0 Å². The number of amides is 1. The third kappa shape index (κ3) is 4.42. The predicted octanol–water partition coefficient (Wildman–Crippen LogP) is -0.798. The molecule has 2 saturated heterocycles. The standard InChI is InChI=1S/C13H25N3O3/c1-18-12-10-19-9-3-11(12)15-6-8-16-7-5-14-4-2-13(16)17/h11-12,14-15H,2-10H2,1H3. The highest BCUT2D eigenvalue weighted by Crippen LogP contribution is 2.10. The SMILES string of the molecule is COC1COCCC1NCCN1CCNCCC1=O. The lowest BCUT2D eigenvalue weighted by molar-refractivity contribution is -0.130. The van der Waals surface area contributed by atoms with Gasteiger partial charge in [-0.25, -0.2) is 0 Å². The summed E-state index contributed by atoms with van der Waals surface area (Å²) in [7, 11) is 1.72. The number of hydrogen-bond acceptors (Lipinski definition) is 5. The molecule has 0 radical (unpaired) electrons. The lowest BCUT2D eigenvalue weighted by Crippen LogP contribution is -2.49. The molecular weight excluding hydrogens is 246 g/mol. The molecule has 2 rings (SSSR count). The van der Waals surface area contributed by atoms with Gasteiger partial charge in [-0.1, -0.05) is 0 Å². The first-order valence-corrected chi connectivity index (χ1v) is 7.13. The van der Waals surface area contributed by atoms with E-state index in [1.54, 1.807) is 7.11 Å². The molecule has 0 aromatic carbocycles. The average Bonchev–Trinajstić information content (AvgIpc) is 2.64. The number of carbonyl (C=O) groups is 1. The van der Waals surface area contributed by atoms with Crippen LogP contribution in [-0.2, 0) is 14.3 Å². The van der Waals surface area contributed by atoms with Crippen LogP contribution in [0.5, 0.6) is 0 Å². The van der Waals surface area contributed by atoms with Gasteiger partial charge >= 0.3 is 0 Å². The summed E-state index contributed by atoms with van der Waals surface area (Å²) >= 11 is 0. The van der Waals surface area contributed by atoms with E-state index in [0.29, 0.717) is 19.1 Å². The molecule has 6 heteroatoms. The van der Waals surface area contributed by atoms with Crippen LogP contribution in [-0.4, -0.2) is 76.0 Å². The number of carbonyl (C=O) groups excluding carboxylic acids is 1. The van der Waals surface area contributed by atoms with Crippen LogP contribution in [0, 0.1) is 0 Å². The van der Waals surface area contributed by atoms with Crippen molar-refractivity contribution in [2.45, 2.75) is 25.0 Å². The Kier molecular flexibility index (Phi) is 6.03. The molecule has 19 heavy (non-hydrogen) atoms. The molecule has 2 aliphatic rings. The third-order valence-electron chi connectivity index (χ3n) is 3.82. The van der Waals surface area contributed by atoms with Crippen molar-refractivity contribution in [3.63, 3.8) is 0 Å². The quantitative estimate of drug-likeness (QED) is 0.685. The van der Waals surface area contributed by atoms with E-state index in [2.05, 4.69) is 10.6 Å². The Balaban J connectivity index is 1.71. The van der Waals surface area contributed by atoms with Crippen LogP contribution in [0.15, 0.2) is 0 Å². The number of ether oxygens (including phenoxy) is 2. The fraction of sp³-hybridized carbons (Fsp3) is 0.923. The molecule has 0 spiro atoms. The number of nitrogens with one attached hydrogen (secondary N) is 2. The highest BCUT2D eigenvalue weighted by Gasteiger charge is 2.25. The molecule has 2 atom stereocenters. The largest absolute Gasteiger partial charge is 0.379 e. The van der Waals surface area contributed by atoms with Crippen molar-refractivity contribution < 1.29 is 14.3 Å². The van der Waals surface area contributed by atoms with E-state index in [9.17, 15) is 4.79 Å². The van der Waals surface area contributed by atoms with Crippen LogP contribution in [0.3, 0.4) is 0 Å².